The lowest BCUT2D eigenvalue weighted by Gasteiger charge is -2.11. The maximum atomic E-state index is 12.6. The number of benzene rings is 3. The van der Waals surface area contributed by atoms with Crippen LogP contribution in [0.5, 0.6) is 0 Å². The Bertz CT molecular complexity index is 1240. The molecule has 0 spiro atoms. The predicted molar refractivity (Wildman–Crippen MR) is 128 cm³/mol. The maximum Gasteiger partial charge on any atom is 0.337 e. The van der Waals surface area contributed by atoms with Crippen molar-refractivity contribution in [2.45, 2.75) is 0 Å². The van der Waals surface area contributed by atoms with Crippen molar-refractivity contribution in [2.75, 3.05) is 17.7 Å². The minimum Gasteiger partial charge on any atom is -0.465 e. The van der Waals surface area contributed by atoms with Gasteiger partial charge in [-0.25, -0.2) is 10.2 Å². The number of nitrogens with one attached hydrogen (secondary N) is 3. The van der Waals surface area contributed by atoms with Gasteiger partial charge in [0.05, 0.1) is 30.1 Å². The number of ether oxygens (including phenoxy) is 1. The number of carbonyl (C=O) groups is 4. The summed E-state index contributed by atoms with van der Waals surface area (Å²) >= 11 is 5.85. The number of anilines is 2. The van der Waals surface area contributed by atoms with Crippen molar-refractivity contribution in [3.63, 3.8) is 0 Å². The summed E-state index contributed by atoms with van der Waals surface area (Å²) in [7, 11) is 1.28. The first-order valence-corrected chi connectivity index (χ1v) is 10.2. The molecule has 3 aromatic carbocycles. The molecule has 0 unspecified atom stereocenters. The van der Waals surface area contributed by atoms with Crippen LogP contribution < -0.4 is 16.1 Å². The quantitative estimate of drug-likeness (QED) is 0.216. The van der Waals surface area contributed by atoms with Crippen LogP contribution in [0.2, 0.25) is 5.02 Å². The summed E-state index contributed by atoms with van der Waals surface area (Å²) in [5.41, 5.74) is 3.88. The first-order chi connectivity index (χ1) is 16.4. The van der Waals surface area contributed by atoms with Gasteiger partial charge in [-0.05, 0) is 54.1 Å². The van der Waals surface area contributed by atoms with Gasteiger partial charge < -0.3 is 15.4 Å². The predicted octanol–water partition coefficient (Wildman–Crippen LogP) is 3.47. The van der Waals surface area contributed by atoms with Crippen LogP contribution in [0.1, 0.15) is 26.3 Å². The van der Waals surface area contributed by atoms with Gasteiger partial charge in [0, 0.05) is 10.7 Å². The number of hydrogen-bond acceptors (Lipinski definition) is 6. The molecule has 0 heterocycles. The molecule has 9 nitrogen and oxygen atoms in total. The van der Waals surface area contributed by atoms with E-state index in [2.05, 4.69) is 25.9 Å². The SMILES string of the molecule is COC(=O)c1ccc(/C=N/NC(=O)C(=O)Nc2ccccc2C(=O)Nc2ccc(Cl)cc2)cc1. The third-order valence-electron chi connectivity index (χ3n) is 4.44. The average molecular weight is 479 g/mol. The zero-order valence-corrected chi connectivity index (χ0v) is 18.6. The first kappa shape index (κ1) is 24.1. The summed E-state index contributed by atoms with van der Waals surface area (Å²) in [6.07, 6.45) is 1.31. The fourth-order valence-corrected chi connectivity index (χ4v) is 2.87. The van der Waals surface area contributed by atoms with E-state index in [1.807, 2.05) is 0 Å². The lowest BCUT2D eigenvalue weighted by Crippen LogP contribution is -2.33. The monoisotopic (exact) mass is 478 g/mol. The Balaban J connectivity index is 1.60. The second-order valence-electron chi connectivity index (χ2n) is 6.77. The number of methoxy groups -OCH3 is 1. The molecule has 0 atom stereocenters. The zero-order chi connectivity index (χ0) is 24.5. The molecule has 0 aliphatic heterocycles. The van der Waals surface area contributed by atoms with Crippen molar-refractivity contribution in [1.29, 1.82) is 0 Å². The van der Waals surface area contributed by atoms with Gasteiger partial charge in [-0.1, -0.05) is 35.9 Å². The molecule has 0 saturated heterocycles. The van der Waals surface area contributed by atoms with Crippen LogP contribution in [0.25, 0.3) is 0 Å². The molecule has 3 N–H and O–H groups in total. The molecular formula is C24H19ClN4O5. The van der Waals surface area contributed by atoms with Crippen molar-refractivity contribution in [3.8, 4) is 0 Å². The van der Waals surface area contributed by atoms with Crippen LogP contribution in [0, 0.1) is 0 Å². The van der Waals surface area contributed by atoms with E-state index in [0.717, 1.165) is 0 Å². The fourth-order valence-electron chi connectivity index (χ4n) is 2.74. The lowest BCUT2D eigenvalue weighted by molar-refractivity contribution is -0.136. The number of carbonyl (C=O) groups excluding carboxylic acids is 4. The Hall–Kier alpha value is -4.50. The largest absolute Gasteiger partial charge is 0.465 e. The minimum atomic E-state index is -1.03. The van der Waals surface area contributed by atoms with Gasteiger partial charge in [0.1, 0.15) is 0 Å². The van der Waals surface area contributed by atoms with Gasteiger partial charge in [0.2, 0.25) is 0 Å². The van der Waals surface area contributed by atoms with Crippen molar-refractivity contribution in [3.05, 3.63) is 94.5 Å². The van der Waals surface area contributed by atoms with E-state index in [9.17, 15) is 19.2 Å². The van der Waals surface area contributed by atoms with Crippen molar-refractivity contribution >= 4 is 52.9 Å². The summed E-state index contributed by atoms with van der Waals surface area (Å²) in [6.45, 7) is 0. The summed E-state index contributed by atoms with van der Waals surface area (Å²) < 4.78 is 4.62. The van der Waals surface area contributed by atoms with Gasteiger partial charge in [-0.3, -0.25) is 14.4 Å². The second-order valence-corrected chi connectivity index (χ2v) is 7.21. The Labute approximate surface area is 199 Å². The second kappa shape index (κ2) is 11.4. The van der Waals surface area contributed by atoms with Crippen LogP contribution in [-0.2, 0) is 14.3 Å². The molecule has 10 heteroatoms. The molecule has 0 aromatic heterocycles. The summed E-state index contributed by atoms with van der Waals surface area (Å²) in [6, 6.07) is 19.0. The molecule has 0 bridgehead atoms. The standard InChI is InChI=1S/C24H19ClN4O5/c1-34-24(33)16-8-6-15(7-9-16)14-26-29-23(32)22(31)28-20-5-3-2-4-19(20)21(30)27-18-12-10-17(25)11-13-18/h2-14H,1H3,(H,27,30)(H,28,31)(H,29,32)/b26-14+. The highest BCUT2D eigenvalue weighted by atomic mass is 35.5. The topological polar surface area (TPSA) is 126 Å². The highest BCUT2D eigenvalue weighted by Gasteiger charge is 2.17. The maximum absolute atomic E-state index is 12.6. The number of halogens is 1. The molecule has 3 amide bonds. The Morgan fingerprint density at radius 2 is 1.53 bits per heavy atom. The first-order valence-electron chi connectivity index (χ1n) is 9.86. The highest BCUT2D eigenvalue weighted by Crippen LogP contribution is 2.19. The lowest BCUT2D eigenvalue weighted by atomic mass is 10.1. The fraction of sp³-hybridized carbons (Fsp3) is 0.0417. The summed E-state index contributed by atoms with van der Waals surface area (Å²) in [5.74, 6) is -3.00. The van der Waals surface area contributed by atoms with Crippen LogP contribution in [-0.4, -0.2) is 37.0 Å². The normalized spacial score (nSPS) is 10.4. The molecule has 0 saturated carbocycles. The molecule has 3 rings (SSSR count). The van der Waals surface area contributed by atoms with E-state index in [1.165, 1.54) is 37.6 Å². The van der Waals surface area contributed by atoms with Crippen LogP contribution in [0.15, 0.2) is 77.9 Å². The number of hydrogen-bond donors (Lipinski definition) is 3. The third-order valence-corrected chi connectivity index (χ3v) is 4.69. The van der Waals surface area contributed by atoms with Crippen molar-refractivity contribution < 1.29 is 23.9 Å². The molecule has 0 radical (unpaired) electrons. The van der Waals surface area contributed by atoms with Crippen LogP contribution >= 0.6 is 11.6 Å². The van der Waals surface area contributed by atoms with Gasteiger partial charge in [0.15, 0.2) is 0 Å². The number of esters is 1. The Morgan fingerprint density at radius 3 is 2.21 bits per heavy atom. The minimum absolute atomic E-state index is 0.150. The van der Waals surface area contributed by atoms with Gasteiger partial charge in [-0.2, -0.15) is 5.10 Å². The number of rotatable bonds is 6. The van der Waals surface area contributed by atoms with Crippen LogP contribution in [0.3, 0.4) is 0 Å². The smallest absolute Gasteiger partial charge is 0.337 e. The summed E-state index contributed by atoms with van der Waals surface area (Å²) in [4.78, 5) is 48.5. The number of hydrazone groups is 1. The van der Waals surface area contributed by atoms with E-state index in [0.29, 0.717) is 21.8 Å². The zero-order valence-electron chi connectivity index (χ0n) is 17.9. The molecular weight excluding hydrogens is 460 g/mol. The van der Waals surface area contributed by atoms with E-state index in [1.54, 1.807) is 48.5 Å². The van der Waals surface area contributed by atoms with E-state index >= 15 is 0 Å². The van der Waals surface area contributed by atoms with E-state index in [4.69, 9.17) is 11.6 Å². The van der Waals surface area contributed by atoms with Gasteiger partial charge in [0.25, 0.3) is 5.91 Å². The molecule has 34 heavy (non-hydrogen) atoms. The third kappa shape index (κ3) is 6.50. The molecule has 3 aromatic rings. The number of nitrogens with zero attached hydrogens (tertiary/aromatic N) is 1. The van der Waals surface area contributed by atoms with Crippen molar-refractivity contribution in [1.82, 2.24) is 5.43 Å². The number of para-hydroxylation sites is 1. The number of amides is 3. The average Bonchev–Trinajstić information content (AvgIpc) is 2.85. The molecule has 172 valence electrons. The highest BCUT2D eigenvalue weighted by molar-refractivity contribution is 6.40. The van der Waals surface area contributed by atoms with Crippen LogP contribution in [0.4, 0.5) is 11.4 Å². The Kier molecular flexibility index (Phi) is 8.09. The van der Waals surface area contributed by atoms with E-state index in [-0.39, 0.29) is 11.3 Å². The van der Waals surface area contributed by atoms with Gasteiger partial charge >= 0.3 is 17.8 Å². The molecule has 0 aliphatic rings. The van der Waals surface area contributed by atoms with Gasteiger partial charge in [-0.15, -0.1) is 0 Å². The molecule has 0 fully saturated rings. The summed E-state index contributed by atoms with van der Waals surface area (Å²) in [5, 5.41) is 9.35. The Morgan fingerprint density at radius 1 is 0.853 bits per heavy atom. The molecule has 0 aliphatic carbocycles. The van der Waals surface area contributed by atoms with Crippen molar-refractivity contribution in [2.24, 2.45) is 5.10 Å². The van der Waals surface area contributed by atoms with E-state index < -0.39 is 23.7 Å².